The van der Waals surface area contributed by atoms with Gasteiger partial charge in [-0.3, -0.25) is 4.90 Å². The number of nitrogens with one attached hydrogen (secondary N) is 1. The van der Waals surface area contributed by atoms with E-state index < -0.39 is 6.18 Å². The zero-order valence-electron chi connectivity index (χ0n) is 12.1. The summed E-state index contributed by atoms with van der Waals surface area (Å²) in [5.74, 6) is 1.08. The molecule has 1 unspecified atom stereocenters. The van der Waals surface area contributed by atoms with Gasteiger partial charge in [0.15, 0.2) is 0 Å². The molecule has 1 aliphatic heterocycles. The van der Waals surface area contributed by atoms with Crippen LogP contribution in [0.3, 0.4) is 0 Å². The molecule has 19 heavy (non-hydrogen) atoms. The van der Waals surface area contributed by atoms with Crippen LogP contribution in [0.5, 0.6) is 0 Å². The van der Waals surface area contributed by atoms with Crippen LogP contribution in [0.1, 0.15) is 27.2 Å². The van der Waals surface area contributed by atoms with Gasteiger partial charge in [0.25, 0.3) is 0 Å². The molecule has 0 aromatic rings. The summed E-state index contributed by atoms with van der Waals surface area (Å²) < 4.78 is 37.4. The predicted octanol–water partition coefficient (Wildman–Crippen LogP) is 3.06. The van der Waals surface area contributed by atoms with E-state index in [0.29, 0.717) is 24.9 Å². The molecule has 1 heterocycles. The van der Waals surface area contributed by atoms with Crippen molar-refractivity contribution in [1.29, 1.82) is 0 Å². The molecule has 1 atom stereocenters. The predicted molar refractivity (Wildman–Crippen MR) is 72.1 cm³/mol. The summed E-state index contributed by atoms with van der Waals surface area (Å²) >= 11 is 0. The molecule has 0 radical (unpaired) electrons. The quantitative estimate of drug-likeness (QED) is 0.751. The number of halogens is 3. The minimum Gasteiger partial charge on any atom is -0.316 e. The van der Waals surface area contributed by atoms with Crippen molar-refractivity contribution in [2.24, 2.45) is 11.8 Å². The van der Waals surface area contributed by atoms with Gasteiger partial charge in [0.1, 0.15) is 0 Å². The largest absolute Gasteiger partial charge is 0.412 e. The monoisotopic (exact) mass is 278 g/mol. The lowest BCUT2D eigenvalue weighted by atomic mass is 10.1. The van der Waals surface area contributed by atoms with Crippen LogP contribution in [0.4, 0.5) is 13.2 Å². The molecule has 1 N–H and O–H groups in total. The number of nitrogens with zero attached hydrogens (tertiary/aromatic N) is 1. The van der Waals surface area contributed by atoms with Crippen molar-refractivity contribution in [1.82, 2.24) is 10.2 Å². The van der Waals surface area contributed by atoms with Crippen molar-refractivity contribution in [2.75, 3.05) is 32.7 Å². The van der Waals surface area contributed by atoms with E-state index >= 15 is 0 Å². The van der Waals surface area contributed by atoms with Gasteiger partial charge in [0, 0.05) is 25.2 Å². The molecule has 0 spiro atoms. The van der Waals surface area contributed by atoms with Gasteiger partial charge < -0.3 is 5.32 Å². The van der Waals surface area contributed by atoms with Crippen LogP contribution in [-0.2, 0) is 0 Å². The van der Waals surface area contributed by atoms with Gasteiger partial charge in [-0.05, 0) is 31.3 Å². The summed E-state index contributed by atoms with van der Waals surface area (Å²) in [5, 5.41) is 3.39. The molecule has 0 aliphatic carbocycles. The lowest BCUT2D eigenvalue weighted by molar-refractivity contribution is -0.0960. The fourth-order valence-electron chi connectivity index (χ4n) is 2.26. The van der Waals surface area contributed by atoms with Gasteiger partial charge in [0.2, 0.25) is 0 Å². The molecule has 0 aromatic heterocycles. The van der Waals surface area contributed by atoms with Gasteiger partial charge in [-0.1, -0.05) is 26.8 Å². The number of rotatable bonds is 6. The van der Waals surface area contributed by atoms with E-state index in [1.807, 2.05) is 0 Å². The van der Waals surface area contributed by atoms with E-state index in [9.17, 15) is 13.2 Å². The molecule has 1 aliphatic rings. The van der Waals surface area contributed by atoms with Crippen molar-refractivity contribution < 1.29 is 13.2 Å². The lowest BCUT2D eigenvalue weighted by Gasteiger charge is -2.29. The zero-order chi connectivity index (χ0) is 14.5. The highest BCUT2D eigenvalue weighted by Crippen LogP contribution is 2.30. The first-order valence-electron chi connectivity index (χ1n) is 6.98. The maximum absolute atomic E-state index is 12.5. The summed E-state index contributed by atoms with van der Waals surface area (Å²) in [6, 6.07) is 0. The topological polar surface area (TPSA) is 15.3 Å². The van der Waals surface area contributed by atoms with Gasteiger partial charge in [-0.2, -0.15) is 13.2 Å². The molecule has 0 saturated heterocycles. The molecule has 2 nitrogen and oxygen atoms in total. The van der Waals surface area contributed by atoms with E-state index in [1.54, 1.807) is 0 Å². The summed E-state index contributed by atoms with van der Waals surface area (Å²) in [6.45, 7) is 10.1. The smallest absolute Gasteiger partial charge is 0.316 e. The Labute approximate surface area is 114 Å². The van der Waals surface area contributed by atoms with Crippen LogP contribution in [0.25, 0.3) is 0 Å². The van der Waals surface area contributed by atoms with Crippen molar-refractivity contribution >= 4 is 0 Å². The second-order valence-electron chi connectivity index (χ2n) is 5.89. The lowest BCUT2D eigenvalue weighted by Crippen LogP contribution is -2.38. The van der Waals surface area contributed by atoms with E-state index in [4.69, 9.17) is 0 Å². The highest BCUT2D eigenvalue weighted by molar-refractivity contribution is 5.13. The maximum atomic E-state index is 12.5. The Morgan fingerprint density at radius 3 is 2.42 bits per heavy atom. The first-order valence-corrected chi connectivity index (χ1v) is 6.98. The van der Waals surface area contributed by atoms with Crippen LogP contribution < -0.4 is 5.32 Å². The third-order valence-electron chi connectivity index (χ3n) is 3.27. The minimum absolute atomic E-state index is 0.121. The zero-order valence-corrected chi connectivity index (χ0v) is 12.1. The summed E-state index contributed by atoms with van der Waals surface area (Å²) in [6.07, 6.45) is -2.69. The highest BCUT2D eigenvalue weighted by Gasteiger charge is 2.34. The average molecular weight is 278 g/mol. The second-order valence-corrected chi connectivity index (χ2v) is 5.89. The van der Waals surface area contributed by atoms with Crippen molar-refractivity contribution in [3.05, 3.63) is 11.6 Å². The third kappa shape index (κ3) is 6.43. The van der Waals surface area contributed by atoms with E-state index in [2.05, 4.69) is 31.0 Å². The number of hydrogen-bond acceptors (Lipinski definition) is 2. The third-order valence-corrected chi connectivity index (χ3v) is 3.27. The van der Waals surface area contributed by atoms with Crippen molar-refractivity contribution in [2.45, 2.75) is 33.4 Å². The molecule has 112 valence electrons. The van der Waals surface area contributed by atoms with Crippen LogP contribution >= 0.6 is 0 Å². The van der Waals surface area contributed by atoms with Crippen LogP contribution in [-0.4, -0.2) is 43.8 Å². The molecule has 0 amide bonds. The first-order chi connectivity index (χ1) is 8.79. The molecular weight excluding hydrogens is 253 g/mol. The molecule has 1 rings (SSSR count). The van der Waals surface area contributed by atoms with Crippen LogP contribution in [0, 0.1) is 11.8 Å². The Kier molecular flexibility index (Phi) is 6.33. The SMILES string of the molecule is CC(C)CNCC(C)CN1CC=C(C(F)(F)F)CC1. The Morgan fingerprint density at radius 1 is 1.26 bits per heavy atom. The first kappa shape index (κ1) is 16.5. The molecule has 0 saturated carbocycles. The van der Waals surface area contributed by atoms with Gasteiger partial charge >= 0.3 is 6.18 Å². The Hall–Kier alpha value is -0.550. The number of alkyl halides is 3. The standard InChI is InChI=1S/C14H25F3N2/c1-11(2)8-18-9-12(3)10-19-6-4-13(5-7-19)14(15,16)17/h4,11-12,18H,5-10H2,1-3H3. The van der Waals surface area contributed by atoms with E-state index in [1.165, 1.54) is 6.08 Å². The molecule has 0 fully saturated rings. The van der Waals surface area contributed by atoms with Gasteiger partial charge in [-0.15, -0.1) is 0 Å². The molecular formula is C14H25F3N2. The Bertz CT molecular complexity index is 298. The average Bonchev–Trinajstić information content (AvgIpc) is 2.27. The summed E-state index contributed by atoms with van der Waals surface area (Å²) in [5.41, 5.74) is -0.366. The van der Waals surface area contributed by atoms with E-state index in [0.717, 1.165) is 19.6 Å². The van der Waals surface area contributed by atoms with Crippen LogP contribution in [0.2, 0.25) is 0 Å². The van der Waals surface area contributed by atoms with E-state index in [-0.39, 0.29) is 12.0 Å². The molecule has 0 aromatic carbocycles. The molecule has 0 bridgehead atoms. The van der Waals surface area contributed by atoms with Crippen molar-refractivity contribution in [3.8, 4) is 0 Å². The number of hydrogen-bond donors (Lipinski definition) is 1. The summed E-state index contributed by atoms with van der Waals surface area (Å²) in [4.78, 5) is 2.09. The Balaban J connectivity index is 2.27. The van der Waals surface area contributed by atoms with Crippen molar-refractivity contribution in [3.63, 3.8) is 0 Å². The van der Waals surface area contributed by atoms with Crippen LogP contribution in [0.15, 0.2) is 11.6 Å². The van der Waals surface area contributed by atoms with Gasteiger partial charge in [-0.25, -0.2) is 0 Å². The Morgan fingerprint density at radius 2 is 1.95 bits per heavy atom. The minimum atomic E-state index is -4.14. The molecule has 5 heteroatoms. The second kappa shape index (κ2) is 7.29. The summed E-state index contributed by atoms with van der Waals surface area (Å²) in [7, 11) is 0. The normalized spacial score (nSPS) is 19.6. The maximum Gasteiger partial charge on any atom is 0.412 e. The fourth-order valence-corrected chi connectivity index (χ4v) is 2.26. The fraction of sp³-hybridized carbons (Fsp3) is 0.857. The highest BCUT2D eigenvalue weighted by atomic mass is 19.4. The van der Waals surface area contributed by atoms with Gasteiger partial charge in [0.05, 0.1) is 0 Å².